The van der Waals surface area contributed by atoms with Crippen molar-refractivity contribution >= 4 is 29.0 Å². The molecule has 4 rings (SSSR count). The Morgan fingerprint density at radius 3 is 2.40 bits per heavy atom. The van der Waals surface area contributed by atoms with Crippen molar-refractivity contribution in [3.05, 3.63) is 70.4 Å². The number of benzene rings is 2. The largest absolute Gasteiger partial charge is 0.497 e. The third-order valence-corrected chi connectivity index (χ3v) is 5.71. The maximum atomic E-state index is 13.9. The number of nitrogens with one attached hydrogen (secondary N) is 2. The van der Waals surface area contributed by atoms with Gasteiger partial charge in [0.15, 0.2) is 11.7 Å². The number of rotatable bonds is 4. The summed E-state index contributed by atoms with van der Waals surface area (Å²) in [5, 5.41) is 8.53. The normalized spacial score (nSPS) is 17.9. The van der Waals surface area contributed by atoms with Crippen LogP contribution in [0, 0.1) is 0 Å². The highest BCUT2D eigenvalue weighted by Gasteiger charge is 2.47. The van der Waals surface area contributed by atoms with E-state index in [0.29, 0.717) is 22.1 Å². The lowest BCUT2D eigenvalue weighted by Gasteiger charge is -2.33. The molecule has 2 aromatic carbocycles. The van der Waals surface area contributed by atoms with Gasteiger partial charge in [0.2, 0.25) is 0 Å². The van der Waals surface area contributed by atoms with Gasteiger partial charge in [-0.2, -0.15) is 31.4 Å². The van der Waals surface area contributed by atoms with Crippen LogP contribution in [0.2, 0.25) is 5.02 Å². The number of fused-ring (bicyclic) bond motifs is 1. The number of alkyl halides is 6. The highest BCUT2D eigenvalue weighted by molar-refractivity contribution is 6.30. The van der Waals surface area contributed by atoms with Crippen molar-refractivity contribution in [1.82, 2.24) is 9.78 Å². The number of hydrogen-bond donors (Lipinski definition) is 2. The summed E-state index contributed by atoms with van der Waals surface area (Å²) in [7, 11) is 1.46. The van der Waals surface area contributed by atoms with E-state index in [4.69, 9.17) is 16.3 Å². The first-order chi connectivity index (χ1) is 16.4. The Morgan fingerprint density at radius 1 is 1.11 bits per heavy atom. The molecule has 1 aromatic heterocycles. The van der Waals surface area contributed by atoms with Crippen molar-refractivity contribution in [2.45, 2.75) is 30.9 Å². The van der Waals surface area contributed by atoms with Gasteiger partial charge in [0.1, 0.15) is 11.6 Å². The van der Waals surface area contributed by atoms with Crippen molar-refractivity contribution in [1.29, 1.82) is 0 Å². The van der Waals surface area contributed by atoms with Gasteiger partial charge in [-0.3, -0.25) is 4.79 Å². The highest BCUT2D eigenvalue weighted by Crippen LogP contribution is 2.44. The zero-order chi connectivity index (χ0) is 25.5. The first-order valence-electron chi connectivity index (χ1n) is 10.1. The standard InChI is InChI=1S/C22H17ClF6N4O2/c1-35-13-5-2-11(3-6-13)16-9-18(22(27,28)29)33-19(30-16)10-17(32-33)20(34)31-15-7-4-12(23)8-14(15)21(24,25)26/h2-8,10,16,18,30H,9H2,1H3,(H,31,34)/t16-,18+/m0/s1. The van der Waals surface area contributed by atoms with Gasteiger partial charge in [-0.05, 0) is 35.9 Å². The quantitative estimate of drug-likeness (QED) is 0.388. The molecule has 2 N–H and O–H groups in total. The molecule has 0 aliphatic carbocycles. The van der Waals surface area contributed by atoms with E-state index < -0.39 is 53.7 Å². The number of methoxy groups -OCH3 is 1. The predicted octanol–water partition coefficient (Wildman–Crippen LogP) is 6.48. The van der Waals surface area contributed by atoms with Crippen LogP contribution in [-0.4, -0.2) is 29.0 Å². The molecule has 0 spiro atoms. The van der Waals surface area contributed by atoms with Gasteiger partial charge in [-0.1, -0.05) is 23.7 Å². The number of aromatic nitrogens is 2. The number of ether oxygens (including phenoxy) is 1. The highest BCUT2D eigenvalue weighted by atomic mass is 35.5. The second-order valence-corrected chi connectivity index (χ2v) is 8.20. The Hall–Kier alpha value is -3.41. The maximum Gasteiger partial charge on any atom is 0.418 e. The molecule has 0 fully saturated rings. The molecule has 0 unspecified atom stereocenters. The van der Waals surface area contributed by atoms with Gasteiger partial charge in [-0.15, -0.1) is 0 Å². The summed E-state index contributed by atoms with van der Waals surface area (Å²) in [6, 6.07) is 7.41. The second-order valence-electron chi connectivity index (χ2n) is 7.76. The molecule has 0 radical (unpaired) electrons. The van der Waals surface area contributed by atoms with Gasteiger partial charge in [-0.25, -0.2) is 4.68 Å². The number of carbonyl (C=O) groups excluding carboxylic acids is 1. The first-order valence-corrected chi connectivity index (χ1v) is 10.5. The molecule has 2 heterocycles. The van der Waals surface area contributed by atoms with E-state index >= 15 is 0 Å². The number of carbonyl (C=O) groups is 1. The van der Waals surface area contributed by atoms with Crippen LogP contribution in [0.25, 0.3) is 0 Å². The summed E-state index contributed by atoms with van der Waals surface area (Å²) < 4.78 is 87.3. The molecule has 1 aliphatic heterocycles. The molecule has 35 heavy (non-hydrogen) atoms. The van der Waals surface area contributed by atoms with Gasteiger partial charge >= 0.3 is 12.4 Å². The van der Waals surface area contributed by atoms with E-state index in [-0.39, 0.29) is 10.8 Å². The van der Waals surface area contributed by atoms with E-state index in [9.17, 15) is 31.1 Å². The molecule has 0 saturated carbocycles. The Labute approximate surface area is 199 Å². The Balaban J connectivity index is 1.65. The molecular formula is C22H17ClF6N4O2. The zero-order valence-electron chi connectivity index (χ0n) is 17.8. The van der Waals surface area contributed by atoms with Gasteiger partial charge in [0.25, 0.3) is 5.91 Å². The molecule has 3 aromatic rings. The average molecular weight is 519 g/mol. The summed E-state index contributed by atoms with van der Waals surface area (Å²) in [5.41, 5.74) is -1.74. The Bertz CT molecular complexity index is 1240. The third-order valence-electron chi connectivity index (χ3n) is 5.48. The second kappa shape index (κ2) is 8.99. The summed E-state index contributed by atoms with van der Waals surface area (Å²) >= 11 is 5.63. The molecule has 2 atom stereocenters. The molecular weight excluding hydrogens is 502 g/mol. The lowest BCUT2D eigenvalue weighted by Crippen LogP contribution is -2.35. The fraction of sp³-hybridized carbons (Fsp3) is 0.273. The number of nitrogens with zero attached hydrogens (tertiary/aromatic N) is 2. The van der Waals surface area contributed by atoms with Crippen molar-refractivity contribution in [2.75, 3.05) is 17.7 Å². The van der Waals surface area contributed by atoms with E-state index in [1.54, 1.807) is 24.3 Å². The predicted molar refractivity (Wildman–Crippen MR) is 116 cm³/mol. The molecule has 0 bridgehead atoms. The molecule has 0 saturated heterocycles. The summed E-state index contributed by atoms with van der Waals surface area (Å²) in [6.45, 7) is 0. The minimum absolute atomic E-state index is 0.100. The van der Waals surface area contributed by atoms with E-state index in [1.807, 2.05) is 0 Å². The Kier molecular flexibility index (Phi) is 6.34. The van der Waals surface area contributed by atoms with Crippen molar-refractivity contribution in [3.8, 4) is 5.75 Å². The lowest BCUT2D eigenvalue weighted by atomic mass is 9.97. The fourth-order valence-electron chi connectivity index (χ4n) is 3.79. The molecule has 13 heteroatoms. The van der Waals surface area contributed by atoms with Gasteiger partial charge in [0.05, 0.1) is 24.4 Å². The minimum atomic E-state index is -4.82. The van der Waals surface area contributed by atoms with Crippen LogP contribution in [0.1, 0.15) is 40.1 Å². The molecule has 1 amide bonds. The number of halogens is 7. The Morgan fingerprint density at radius 2 is 1.80 bits per heavy atom. The van der Waals surface area contributed by atoms with E-state index in [1.165, 1.54) is 7.11 Å². The first kappa shape index (κ1) is 24.7. The van der Waals surface area contributed by atoms with Crippen LogP contribution in [-0.2, 0) is 6.18 Å². The monoisotopic (exact) mass is 518 g/mol. The van der Waals surface area contributed by atoms with Crippen LogP contribution in [0.5, 0.6) is 5.75 Å². The van der Waals surface area contributed by atoms with E-state index in [0.717, 1.165) is 18.2 Å². The minimum Gasteiger partial charge on any atom is -0.497 e. The molecule has 186 valence electrons. The fourth-order valence-corrected chi connectivity index (χ4v) is 3.96. The van der Waals surface area contributed by atoms with Gasteiger partial charge in [0, 0.05) is 17.5 Å². The van der Waals surface area contributed by atoms with Crippen LogP contribution < -0.4 is 15.4 Å². The number of anilines is 2. The summed E-state index contributed by atoms with van der Waals surface area (Å²) in [4.78, 5) is 12.7. The smallest absolute Gasteiger partial charge is 0.418 e. The lowest BCUT2D eigenvalue weighted by molar-refractivity contribution is -0.173. The molecule has 1 aliphatic rings. The number of hydrogen-bond acceptors (Lipinski definition) is 4. The van der Waals surface area contributed by atoms with Crippen LogP contribution in [0.3, 0.4) is 0 Å². The van der Waals surface area contributed by atoms with Crippen LogP contribution >= 0.6 is 11.6 Å². The topological polar surface area (TPSA) is 68.2 Å². The van der Waals surface area contributed by atoms with Crippen LogP contribution in [0.4, 0.5) is 37.8 Å². The van der Waals surface area contributed by atoms with E-state index in [2.05, 4.69) is 15.7 Å². The summed E-state index contributed by atoms with van der Waals surface area (Å²) in [6.07, 6.45) is -9.93. The van der Waals surface area contributed by atoms with Crippen molar-refractivity contribution in [2.24, 2.45) is 0 Å². The van der Waals surface area contributed by atoms with Crippen LogP contribution in [0.15, 0.2) is 48.5 Å². The van der Waals surface area contributed by atoms with Crippen molar-refractivity contribution in [3.63, 3.8) is 0 Å². The third kappa shape index (κ3) is 5.16. The van der Waals surface area contributed by atoms with Gasteiger partial charge < -0.3 is 15.4 Å². The SMILES string of the molecule is COc1ccc([C@@H]2C[C@H](C(F)(F)F)n3nc(C(=O)Nc4ccc(Cl)cc4C(F)(F)F)cc3N2)cc1. The number of amides is 1. The maximum absolute atomic E-state index is 13.9. The zero-order valence-corrected chi connectivity index (χ0v) is 18.6. The molecule has 6 nitrogen and oxygen atoms in total. The summed E-state index contributed by atoms with van der Waals surface area (Å²) in [5.74, 6) is -0.679. The average Bonchev–Trinajstić information content (AvgIpc) is 3.22. The van der Waals surface area contributed by atoms with Crippen molar-refractivity contribution < 1.29 is 35.9 Å².